The van der Waals surface area contributed by atoms with Crippen LogP contribution in [0.5, 0.6) is 11.5 Å². The molecule has 0 atom stereocenters. The summed E-state index contributed by atoms with van der Waals surface area (Å²) < 4.78 is 5.81. The fraction of sp³-hybridized carbons (Fsp3) is 0.600. The number of ether oxygens (including phenoxy) is 1. The molecular formula is C15H25BrN2O2. The normalized spacial score (nSPS) is 11.1. The summed E-state index contributed by atoms with van der Waals surface area (Å²) in [4.78, 5) is 2.43. The Hall–Kier alpha value is -0.780. The van der Waals surface area contributed by atoms with Crippen LogP contribution < -0.4 is 10.1 Å². The Kier molecular flexibility index (Phi) is 7.95. The first-order valence-corrected chi connectivity index (χ1v) is 7.90. The van der Waals surface area contributed by atoms with E-state index < -0.39 is 0 Å². The number of benzene rings is 1. The molecule has 5 heteroatoms. The lowest BCUT2D eigenvalue weighted by molar-refractivity contribution is 0.287. The molecule has 2 N–H and O–H groups in total. The molecule has 0 bridgehead atoms. The molecule has 0 radical (unpaired) electrons. The zero-order chi connectivity index (χ0) is 15.0. The Bertz CT molecular complexity index is 413. The molecule has 0 aliphatic heterocycles. The number of nitrogens with one attached hydrogen (secondary N) is 1. The molecule has 0 unspecified atom stereocenters. The molecule has 0 amide bonds. The van der Waals surface area contributed by atoms with Gasteiger partial charge in [0, 0.05) is 19.6 Å². The highest BCUT2D eigenvalue weighted by atomic mass is 79.9. The highest BCUT2D eigenvalue weighted by Crippen LogP contribution is 2.35. The molecule has 0 aromatic heterocycles. The second kappa shape index (κ2) is 9.21. The largest absolute Gasteiger partial charge is 0.503 e. The molecule has 20 heavy (non-hydrogen) atoms. The topological polar surface area (TPSA) is 44.7 Å². The number of phenolic OH excluding ortho intramolecular Hbond substituents is 1. The fourth-order valence-electron chi connectivity index (χ4n) is 2.10. The number of nitrogens with zero attached hydrogens (tertiary/aromatic N) is 1. The lowest BCUT2D eigenvalue weighted by Gasteiger charge is -2.19. The van der Waals surface area contributed by atoms with Crippen LogP contribution in [0.1, 0.15) is 25.8 Å². The zero-order valence-electron chi connectivity index (χ0n) is 12.6. The first-order chi connectivity index (χ1) is 9.62. The predicted molar refractivity (Wildman–Crippen MR) is 86.5 cm³/mol. The van der Waals surface area contributed by atoms with Crippen LogP contribution in [-0.2, 0) is 6.54 Å². The molecule has 1 aromatic rings. The Labute approximate surface area is 130 Å². The molecule has 0 spiro atoms. The van der Waals surface area contributed by atoms with Crippen LogP contribution in [0.3, 0.4) is 0 Å². The van der Waals surface area contributed by atoms with Gasteiger partial charge in [0.25, 0.3) is 0 Å². The van der Waals surface area contributed by atoms with Crippen LogP contribution in [0.2, 0.25) is 0 Å². The van der Waals surface area contributed by atoms with Gasteiger partial charge >= 0.3 is 0 Å². The molecule has 0 saturated carbocycles. The van der Waals surface area contributed by atoms with Crippen LogP contribution in [0.15, 0.2) is 16.6 Å². The highest BCUT2D eigenvalue weighted by molar-refractivity contribution is 9.10. The van der Waals surface area contributed by atoms with Gasteiger partial charge in [-0.05, 0) is 53.1 Å². The molecule has 114 valence electrons. The Morgan fingerprint density at radius 3 is 2.65 bits per heavy atom. The first kappa shape index (κ1) is 17.3. The van der Waals surface area contributed by atoms with E-state index in [1.165, 1.54) is 6.42 Å². The van der Waals surface area contributed by atoms with E-state index in [-0.39, 0.29) is 5.75 Å². The molecule has 0 aliphatic rings. The van der Waals surface area contributed by atoms with E-state index in [2.05, 4.69) is 40.0 Å². The van der Waals surface area contributed by atoms with Gasteiger partial charge in [0.1, 0.15) is 0 Å². The molecular weight excluding hydrogens is 320 g/mol. The number of hydrogen-bond donors (Lipinski definition) is 2. The third-order valence-electron chi connectivity index (χ3n) is 3.23. The van der Waals surface area contributed by atoms with Gasteiger partial charge in [-0.15, -0.1) is 0 Å². The zero-order valence-corrected chi connectivity index (χ0v) is 14.2. The number of phenols is 1. The molecule has 1 rings (SSSR count). The summed E-state index contributed by atoms with van der Waals surface area (Å²) in [6.45, 7) is 9.41. The molecule has 0 aliphatic carbocycles. The van der Waals surface area contributed by atoms with Crippen molar-refractivity contribution < 1.29 is 9.84 Å². The predicted octanol–water partition coefficient (Wildman–Crippen LogP) is 2.98. The van der Waals surface area contributed by atoms with Crippen LogP contribution in [0.4, 0.5) is 0 Å². The van der Waals surface area contributed by atoms with Gasteiger partial charge in [-0.3, -0.25) is 0 Å². The standard InChI is InChI=1S/C15H25BrN2O2/c1-4-7-18(5-2)8-6-17-11-12-9-13(16)15(19)14(10-12)20-3/h9-10,17,19H,4-8,11H2,1-3H3. The van der Waals surface area contributed by atoms with E-state index in [4.69, 9.17) is 4.74 Å². The van der Waals surface area contributed by atoms with Gasteiger partial charge in [0.2, 0.25) is 0 Å². The van der Waals surface area contributed by atoms with E-state index in [9.17, 15) is 5.11 Å². The monoisotopic (exact) mass is 344 g/mol. The summed E-state index contributed by atoms with van der Waals surface area (Å²) in [6.07, 6.45) is 1.19. The van der Waals surface area contributed by atoms with E-state index in [0.29, 0.717) is 10.2 Å². The first-order valence-electron chi connectivity index (χ1n) is 7.10. The lowest BCUT2D eigenvalue weighted by Crippen LogP contribution is -2.32. The number of hydrogen-bond acceptors (Lipinski definition) is 4. The van der Waals surface area contributed by atoms with Crippen LogP contribution in [0, 0.1) is 0 Å². The minimum Gasteiger partial charge on any atom is -0.503 e. The number of rotatable bonds is 9. The van der Waals surface area contributed by atoms with Gasteiger partial charge in [-0.2, -0.15) is 0 Å². The maximum atomic E-state index is 9.76. The SMILES string of the molecule is CCCN(CC)CCNCc1cc(Br)c(O)c(OC)c1. The average Bonchev–Trinajstić information content (AvgIpc) is 2.45. The average molecular weight is 345 g/mol. The van der Waals surface area contributed by atoms with Crippen LogP contribution in [0.25, 0.3) is 0 Å². The van der Waals surface area contributed by atoms with Gasteiger partial charge in [-0.1, -0.05) is 13.8 Å². The molecule has 0 saturated heterocycles. The van der Waals surface area contributed by atoms with Crippen molar-refractivity contribution in [1.29, 1.82) is 0 Å². The van der Waals surface area contributed by atoms with E-state index in [0.717, 1.165) is 38.3 Å². The van der Waals surface area contributed by atoms with E-state index >= 15 is 0 Å². The van der Waals surface area contributed by atoms with Crippen molar-refractivity contribution in [3.63, 3.8) is 0 Å². The van der Waals surface area contributed by atoms with Crippen molar-refractivity contribution in [2.24, 2.45) is 0 Å². The molecule has 0 heterocycles. The van der Waals surface area contributed by atoms with Crippen molar-refractivity contribution in [2.75, 3.05) is 33.3 Å². The number of likely N-dealkylation sites (N-methyl/N-ethyl adjacent to an activating group) is 1. The van der Waals surface area contributed by atoms with Crippen LogP contribution >= 0.6 is 15.9 Å². The third-order valence-corrected chi connectivity index (χ3v) is 3.83. The fourth-order valence-corrected chi connectivity index (χ4v) is 2.59. The lowest BCUT2D eigenvalue weighted by atomic mass is 10.2. The molecule has 1 aromatic carbocycles. The summed E-state index contributed by atoms with van der Waals surface area (Å²) in [6, 6.07) is 3.77. The van der Waals surface area contributed by atoms with Crippen molar-refractivity contribution >= 4 is 15.9 Å². The van der Waals surface area contributed by atoms with E-state index in [1.54, 1.807) is 7.11 Å². The summed E-state index contributed by atoms with van der Waals surface area (Å²) in [5.74, 6) is 0.647. The second-order valence-electron chi connectivity index (χ2n) is 4.74. The van der Waals surface area contributed by atoms with Gasteiger partial charge in [-0.25, -0.2) is 0 Å². The van der Waals surface area contributed by atoms with Crippen LogP contribution in [-0.4, -0.2) is 43.3 Å². The summed E-state index contributed by atoms with van der Waals surface area (Å²) in [5, 5.41) is 13.2. The Morgan fingerprint density at radius 2 is 2.05 bits per heavy atom. The van der Waals surface area contributed by atoms with Crippen molar-refractivity contribution in [3.05, 3.63) is 22.2 Å². The summed E-state index contributed by atoms with van der Waals surface area (Å²) in [7, 11) is 1.56. The molecule has 0 fully saturated rings. The maximum Gasteiger partial charge on any atom is 0.172 e. The maximum absolute atomic E-state index is 9.76. The number of aromatic hydroxyl groups is 1. The highest BCUT2D eigenvalue weighted by Gasteiger charge is 2.08. The van der Waals surface area contributed by atoms with Gasteiger partial charge in [0.05, 0.1) is 11.6 Å². The third kappa shape index (κ3) is 5.31. The quantitative estimate of drug-likeness (QED) is 0.676. The van der Waals surface area contributed by atoms with Crippen molar-refractivity contribution in [3.8, 4) is 11.5 Å². The van der Waals surface area contributed by atoms with Gasteiger partial charge in [0.15, 0.2) is 11.5 Å². The van der Waals surface area contributed by atoms with E-state index in [1.807, 2.05) is 12.1 Å². The summed E-state index contributed by atoms with van der Waals surface area (Å²) in [5.41, 5.74) is 1.09. The minimum atomic E-state index is 0.149. The smallest absolute Gasteiger partial charge is 0.172 e. The number of methoxy groups -OCH3 is 1. The Balaban J connectivity index is 2.44. The number of halogens is 1. The second-order valence-corrected chi connectivity index (χ2v) is 5.59. The minimum absolute atomic E-state index is 0.149. The Morgan fingerprint density at radius 1 is 1.30 bits per heavy atom. The van der Waals surface area contributed by atoms with Crippen molar-refractivity contribution in [2.45, 2.75) is 26.8 Å². The summed E-state index contributed by atoms with van der Waals surface area (Å²) >= 11 is 3.34. The van der Waals surface area contributed by atoms with Gasteiger partial charge < -0.3 is 20.1 Å². The molecule has 4 nitrogen and oxygen atoms in total. The van der Waals surface area contributed by atoms with Crippen molar-refractivity contribution in [1.82, 2.24) is 10.2 Å².